The van der Waals surface area contributed by atoms with Gasteiger partial charge in [0.2, 0.25) is 0 Å². The third kappa shape index (κ3) is 4.32. The molecule has 0 radical (unpaired) electrons. The summed E-state index contributed by atoms with van der Waals surface area (Å²) in [5.74, 6) is -1.67. The lowest BCUT2D eigenvalue weighted by molar-refractivity contribution is -0.131. The number of halogens is 2. The molecule has 0 bridgehead atoms. The lowest BCUT2D eigenvalue weighted by Gasteiger charge is -2.41. The number of nitrogens with one attached hydrogen (secondary N) is 1. The number of para-hydroxylation sites is 1. The Balaban J connectivity index is 1.60. The van der Waals surface area contributed by atoms with Crippen LogP contribution < -0.4 is 0 Å². The van der Waals surface area contributed by atoms with E-state index in [2.05, 4.69) is 22.9 Å². The van der Waals surface area contributed by atoms with Crippen LogP contribution in [0.5, 0.6) is 0 Å². The van der Waals surface area contributed by atoms with E-state index in [4.69, 9.17) is 5.11 Å². The molecule has 0 amide bonds. The number of aromatic amines is 1. The van der Waals surface area contributed by atoms with Crippen molar-refractivity contribution in [3.8, 4) is 0 Å². The van der Waals surface area contributed by atoms with Gasteiger partial charge < -0.3 is 10.1 Å². The fourth-order valence-corrected chi connectivity index (χ4v) is 5.26. The molecule has 2 N–H and O–H groups in total. The van der Waals surface area contributed by atoms with Gasteiger partial charge >= 0.3 is 5.97 Å². The molecule has 4 nitrogen and oxygen atoms in total. The van der Waals surface area contributed by atoms with Gasteiger partial charge in [0.1, 0.15) is 11.6 Å². The van der Waals surface area contributed by atoms with Crippen LogP contribution in [0, 0.1) is 17.6 Å². The number of fused-ring (bicyclic) bond motifs is 3. The van der Waals surface area contributed by atoms with Gasteiger partial charge in [0, 0.05) is 34.3 Å². The van der Waals surface area contributed by atoms with Gasteiger partial charge in [-0.05, 0) is 74.1 Å². The summed E-state index contributed by atoms with van der Waals surface area (Å²) < 4.78 is 30.9. The van der Waals surface area contributed by atoms with Crippen LogP contribution in [-0.4, -0.2) is 33.5 Å². The summed E-state index contributed by atoms with van der Waals surface area (Å²) in [6, 6.07) is 10.0. The van der Waals surface area contributed by atoms with E-state index in [1.54, 1.807) is 0 Å². The molecule has 5 rings (SSSR count). The van der Waals surface area contributed by atoms with Crippen LogP contribution in [0.15, 0.2) is 42.5 Å². The molecule has 0 spiro atoms. The fourth-order valence-electron chi connectivity index (χ4n) is 5.26. The SMILES string of the molecule is CC1Cc2c([nH]c3ccccc23)C(c2c(F)cc(/C=C/C(=O)O)cc2F)N1CCCC1CC1. The molecule has 1 fully saturated rings. The van der Waals surface area contributed by atoms with Crippen molar-refractivity contribution in [2.75, 3.05) is 6.54 Å². The summed E-state index contributed by atoms with van der Waals surface area (Å²) in [6.45, 7) is 2.91. The molecule has 2 heterocycles. The summed E-state index contributed by atoms with van der Waals surface area (Å²) in [5.41, 5.74) is 3.16. The second kappa shape index (κ2) is 8.75. The quantitative estimate of drug-likeness (QED) is 0.430. The minimum atomic E-state index is -1.16. The zero-order chi connectivity index (χ0) is 23.1. The summed E-state index contributed by atoms with van der Waals surface area (Å²) in [4.78, 5) is 16.5. The van der Waals surface area contributed by atoms with Crippen molar-refractivity contribution in [3.05, 3.63) is 76.5 Å². The molecular formula is C27H28F2N2O2. The van der Waals surface area contributed by atoms with Crippen molar-refractivity contribution in [3.63, 3.8) is 0 Å². The van der Waals surface area contributed by atoms with Gasteiger partial charge in [-0.2, -0.15) is 0 Å². The van der Waals surface area contributed by atoms with Crippen molar-refractivity contribution in [2.45, 2.75) is 51.1 Å². The van der Waals surface area contributed by atoms with Gasteiger partial charge in [-0.1, -0.05) is 31.0 Å². The van der Waals surface area contributed by atoms with Crippen molar-refractivity contribution in [2.24, 2.45) is 5.92 Å². The Morgan fingerprint density at radius 3 is 2.64 bits per heavy atom. The predicted octanol–water partition coefficient (Wildman–Crippen LogP) is 6.07. The summed E-state index contributed by atoms with van der Waals surface area (Å²) in [7, 11) is 0. The van der Waals surface area contributed by atoms with Crippen LogP contribution in [0.4, 0.5) is 8.78 Å². The maximum absolute atomic E-state index is 15.5. The first kappa shape index (κ1) is 21.8. The topological polar surface area (TPSA) is 56.3 Å². The Kier molecular flexibility index (Phi) is 5.79. The fraction of sp³-hybridized carbons (Fsp3) is 0.370. The van der Waals surface area contributed by atoms with E-state index in [1.165, 1.54) is 31.1 Å². The minimum absolute atomic E-state index is 0.0215. The van der Waals surface area contributed by atoms with Crippen molar-refractivity contribution in [1.29, 1.82) is 0 Å². The highest BCUT2D eigenvalue weighted by atomic mass is 19.1. The molecule has 3 aromatic rings. The smallest absolute Gasteiger partial charge is 0.328 e. The molecule has 6 heteroatoms. The predicted molar refractivity (Wildman–Crippen MR) is 125 cm³/mol. The minimum Gasteiger partial charge on any atom is -0.478 e. The molecule has 1 aliphatic heterocycles. The highest BCUT2D eigenvalue weighted by Gasteiger charge is 2.38. The first-order chi connectivity index (χ1) is 15.9. The average Bonchev–Trinajstić information content (AvgIpc) is 3.53. The molecule has 172 valence electrons. The number of carboxylic acids is 1. The van der Waals surface area contributed by atoms with Gasteiger partial charge in [-0.3, -0.25) is 4.90 Å². The number of carbonyl (C=O) groups is 1. The standard InChI is InChI=1S/C27H28F2N2O2/c1-16-13-20-19-6-2-3-7-23(19)30-26(20)27(31(16)12-4-5-17-8-9-17)25-21(28)14-18(15-22(25)29)10-11-24(32)33/h2-3,6-7,10-11,14-17,27,30H,4-5,8-9,12-13H2,1H3,(H,32,33)/b11-10+. The number of benzene rings is 2. The molecule has 2 aromatic carbocycles. The van der Waals surface area contributed by atoms with E-state index in [1.807, 2.05) is 18.2 Å². The molecular weight excluding hydrogens is 422 g/mol. The summed E-state index contributed by atoms with van der Waals surface area (Å²) in [6.07, 6.45) is 7.66. The monoisotopic (exact) mass is 450 g/mol. The van der Waals surface area contributed by atoms with Gasteiger partial charge in [0.05, 0.1) is 6.04 Å². The van der Waals surface area contributed by atoms with Crippen LogP contribution >= 0.6 is 0 Å². The van der Waals surface area contributed by atoms with Crippen molar-refractivity contribution < 1.29 is 18.7 Å². The second-order valence-electron chi connectivity index (χ2n) is 9.41. The summed E-state index contributed by atoms with van der Waals surface area (Å²) >= 11 is 0. The number of aliphatic carboxylic acids is 1. The first-order valence-electron chi connectivity index (χ1n) is 11.7. The number of hydrogen-bond donors (Lipinski definition) is 2. The van der Waals surface area contributed by atoms with Crippen LogP contribution in [0.2, 0.25) is 0 Å². The first-order valence-corrected chi connectivity index (χ1v) is 11.7. The number of carboxylic acid groups (broad SMARTS) is 1. The number of hydrogen-bond acceptors (Lipinski definition) is 2. The Labute approximate surface area is 191 Å². The number of H-pyrrole nitrogens is 1. The lowest BCUT2D eigenvalue weighted by Crippen LogP contribution is -2.43. The van der Waals surface area contributed by atoms with Gasteiger partial charge in [0.25, 0.3) is 0 Å². The Morgan fingerprint density at radius 1 is 1.21 bits per heavy atom. The van der Waals surface area contributed by atoms with E-state index in [-0.39, 0.29) is 17.2 Å². The van der Waals surface area contributed by atoms with E-state index >= 15 is 8.78 Å². The Hall–Kier alpha value is -2.99. The van der Waals surface area contributed by atoms with Crippen LogP contribution in [0.1, 0.15) is 61.0 Å². The zero-order valence-electron chi connectivity index (χ0n) is 18.7. The normalized spacial score (nSPS) is 21.1. The third-order valence-electron chi connectivity index (χ3n) is 7.04. The number of rotatable bonds is 7. The van der Waals surface area contributed by atoms with Crippen LogP contribution in [0.3, 0.4) is 0 Å². The average molecular weight is 451 g/mol. The molecule has 2 unspecified atom stereocenters. The molecule has 1 saturated carbocycles. The van der Waals surface area contributed by atoms with Crippen LogP contribution in [0.25, 0.3) is 17.0 Å². The Morgan fingerprint density at radius 2 is 1.94 bits per heavy atom. The zero-order valence-corrected chi connectivity index (χ0v) is 18.7. The largest absolute Gasteiger partial charge is 0.478 e. The van der Waals surface area contributed by atoms with Gasteiger partial charge in [-0.25, -0.2) is 13.6 Å². The van der Waals surface area contributed by atoms with Gasteiger partial charge in [0.15, 0.2) is 0 Å². The van der Waals surface area contributed by atoms with E-state index < -0.39 is 23.6 Å². The molecule has 1 aliphatic carbocycles. The maximum Gasteiger partial charge on any atom is 0.328 e. The maximum atomic E-state index is 15.5. The number of aromatic nitrogens is 1. The highest BCUT2D eigenvalue weighted by Crippen LogP contribution is 2.43. The van der Waals surface area contributed by atoms with Crippen molar-refractivity contribution >= 4 is 22.9 Å². The van der Waals surface area contributed by atoms with Crippen LogP contribution in [-0.2, 0) is 11.2 Å². The molecule has 2 aliphatic rings. The third-order valence-corrected chi connectivity index (χ3v) is 7.04. The van der Waals surface area contributed by atoms with Gasteiger partial charge in [-0.15, -0.1) is 0 Å². The lowest BCUT2D eigenvalue weighted by atomic mass is 9.87. The van der Waals surface area contributed by atoms with E-state index in [0.29, 0.717) is 0 Å². The summed E-state index contributed by atoms with van der Waals surface area (Å²) in [5, 5.41) is 9.96. The van der Waals surface area contributed by atoms with E-state index in [9.17, 15) is 4.79 Å². The molecule has 33 heavy (non-hydrogen) atoms. The number of nitrogens with zero attached hydrogens (tertiary/aromatic N) is 1. The molecule has 2 atom stereocenters. The Bertz CT molecular complexity index is 1210. The van der Waals surface area contributed by atoms with Crippen molar-refractivity contribution in [1.82, 2.24) is 9.88 Å². The molecule has 1 aromatic heterocycles. The van der Waals surface area contributed by atoms with E-state index in [0.717, 1.165) is 60.0 Å². The molecule has 0 saturated heterocycles. The second-order valence-corrected chi connectivity index (χ2v) is 9.41. The highest BCUT2D eigenvalue weighted by molar-refractivity contribution is 5.86.